The maximum absolute atomic E-state index is 12.8. The lowest BCUT2D eigenvalue weighted by Gasteiger charge is -2.36. The normalized spacial score (nSPS) is 14.6. The van der Waals surface area contributed by atoms with Gasteiger partial charge in [-0.1, -0.05) is 38.1 Å². The van der Waals surface area contributed by atoms with Crippen LogP contribution >= 0.6 is 0 Å². The van der Waals surface area contributed by atoms with Crippen molar-refractivity contribution in [1.82, 2.24) is 4.90 Å². The first kappa shape index (κ1) is 18.3. The fourth-order valence-corrected chi connectivity index (χ4v) is 3.48. The third-order valence-corrected chi connectivity index (χ3v) is 4.84. The van der Waals surface area contributed by atoms with Gasteiger partial charge in [0.05, 0.1) is 12.8 Å². The Bertz CT molecular complexity index is 732. The van der Waals surface area contributed by atoms with Crippen LogP contribution in [0.2, 0.25) is 0 Å². The number of piperazine rings is 1. The number of nitrogens with zero attached hydrogens (tertiary/aromatic N) is 2. The van der Waals surface area contributed by atoms with E-state index in [0.29, 0.717) is 5.92 Å². The zero-order valence-corrected chi connectivity index (χ0v) is 15.9. The summed E-state index contributed by atoms with van der Waals surface area (Å²) in [7, 11) is 1.70. The third kappa shape index (κ3) is 4.18. The van der Waals surface area contributed by atoms with Gasteiger partial charge in [0, 0.05) is 31.7 Å². The topological polar surface area (TPSA) is 32.8 Å². The summed E-state index contributed by atoms with van der Waals surface area (Å²) in [6.45, 7) is 7.50. The minimum Gasteiger partial charge on any atom is -0.495 e. The fourth-order valence-electron chi connectivity index (χ4n) is 3.48. The molecule has 0 saturated carbocycles. The van der Waals surface area contributed by atoms with Crippen molar-refractivity contribution in [3.63, 3.8) is 0 Å². The van der Waals surface area contributed by atoms with Crippen LogP contribution in [0.25, 0.3) is 0 Å². The molecule has 0 aromatic heterocycles. The van der Waals surface area contributed by atoms with Crippen LogP contribution < -0.4 is 9.64 Å². The second kappa shape index (κ2) is 8.26. The lowest BCUT2D eigenvalue weighted by Crippen LogP contribution is -2.48. The molecule has 1 aliphatic heterocycles. The highest BCUT2D eigenvalue weighted by atomic mass is 16.5. The summed E-state index contributed by atoms with van der Waals surface area (Å²) in [6.07, 6.45) is 1.05. The van der Waals surface area contributed by atoms with Crippen LogP contribution in [0.4, 0.5) is 5.69 Å². The number of rotatable bonds is 5. The lowest BCUT2D eigenvalue weighted by molar-refractivity contribution is 0.0746. The van der Waals surface area contributed by atoms with E-state index in [2.05, 4.69) is 36.9 Å². The van der Waals surface area contributed by atoms with Gasteiger partial charge in [0.1, 0.15) is 5.75 Å². The molecule has 1 amide bonds. The molecule has 2 aromatic rings. The van der Waals surface area contributed by atoms with E-state index in [0.717, 1.165) is 49.6 Å². The molecule has 4 heteroatoms. The molecule has 4 nitrogen and oxygen atoms in total. The van der Waals surface area contributed by atoms with Crippen molar-refractivity contribution in [2.75, 3.05) is 38.2 Å². The molecule has 0 aliphatic carbocycles. The number of ether oxygens (including phenoxy) is 1. The summed E-state index contributed by atoms with van der Waals surface area (Å²) >= 11 is 0. The van der Waals surface area contributed by atoms with Crippen molar-refractivity contribution in [3.8, 4) is 5.75 Å². The van der Waals surface area contributed by atoms with Crippen molar-refractivity contribution < 1.29 is 9.53 Å². The molecule has 138 valence electrons. The number of amides is 1. The summed E-state index contributed by atoms with van der Waals surface area (Å²) in [5.74, 6) is 1.63. The Morgan fingerprint density at radius 3 is 2.27 bits per heavy atom. The number of carbonyl (C=O) groups excluding carboxylic acids is 1. The average molecular weight is 352 g/mol. The smallest absolute Gasteiger partial charge is 0.253 e. The predicted octanol–water partition coefficient (Wildman–Crippen LogP) is 3.86. The van der Waals surface area contributed by atoms with E-state index >= 15 is 0 Å². The molecule has 2 aromatic carbocycles. The molecule has 3 rings (SSSR count). The molecule has 0 bridgehead atoms. The van der Waals surface area contributed by atoms with Gasteiger partial charge < -0.3 is 14.5 Å². The zero-order chi connectivity index (χ0) is 18.5. The second-order valence-corrected chi connectivity index (χ2v) is 7.25. The summed E-state index contributed by atoms with van der Waals surface area (Å²) in [5.41, 5.74) is 3.17. The monoisotopic (exact) mass is 352 g/mol. The molecule has 0 radical (unpaired) electrons. The van der Waals surface area contributed by atoms with Crippen molar-refractivity contribution >= 4 is 11.6 Å². The van der Waals surface area contributed by atoms with Gasteiger partial charge in [-0.25, -0.2) is 0 Å². The largest absolute Gasteiger partial charge is 0.495 e. The van der Waals surface area contributed by atoms with Crippen molar-refractivity contribution in [1.29, 1.82) is 0 Å². The van der Waals surface area contributed by atoms with Crippen LogP contribution in [-0.2, 0) is 6.42 Å². The molecule has 1 aliphatic rings. The molecule has 0 atom stereocenters. The number of methoxy groups -OCH3 is 1. The molecular weight excluding hydrogens is 324 g/mol. The number of hydrogen-bond donors (Lipinski definition) is 0. The Morgan fingerprint density at radius 2 is 1.65 bits per heavy atom. The van der Waals surface area contributed by atoms with E-state index in [1.54, 1.807) is 7.11 Å². The molecule has 0 spiro atoms. The van der Waals surface area contributed by atoms with Crippen molar-refractivity contribution in [2.45, 2.75) is 20.3 Å². The van der Waals surface area contributed by atoms with E-state index < -0.39 is 0 Å². The molecule has 1 heterocycles. The zero-order valence-electron chi connectivity index (χ0n) is 15.9. The highest BCUT2D eigenvalue weighted by Crippen LogP contribution is 2.28. The van der Waals surface area contributed by atoms with Crippen molar-refractivity contribution in [3.05, 3.63) is 59.7 Å². The molecule has 0 N–H and O–H groups in total. The Kier molecular flexibility index (Phi) is 5.82. The number of para-hydroxylation sites is 2. The van der Waals surface area contributed by atoms with Crippen LogP contribution in [0.15, 0.2) is 48.5 Å². The highest BCUT2D eigenvalue weighted by molar-refractivity contribution is 5.94. The third-order valence-electron chi connectivity index (χ3n) is 4.84. The molecule has 0 unspecified atom stereocenters. The van der Waals surface area contributed by atoms with E-state index in [1.165, 1.54) is 5.56 Å². The van der Waals surface area contributed by atoms with Crippen LogP contribution in [-0.4, -0.2) is 44.1 Å². The fraction of sp³-hybridized carbons (Fsp3) is 0.409. The van der Waals surface area contributed by atoms with Gasteiger partial charge in [-0.15, -0.1) is 0 Å². The molecule has 1 saturated heterocycles. The number of benzene rings is 2. The first-order valence-electron chi connectivity index (χ1n) is 9.34. The van der Waals surface area contributed by atoms with Crippen LogP contribution in [0.5, 0.6) is 5.75 Å². The van der Waals surface area contributed by atoms with Crippen molar-refractivity contribution in [2.24, 2.45) is 5.92 Å². The van der Waals surface area contributed by atoms with Gasteiger partial charge in [-0.05, 0) is 42.2 Å². The molecular formula is C22H28N2O2. The van der Waals surface area contributed by atoms with Crippen LogP contribution in [0.3, 0.4) is 0 Å². The quantitative estimate of drug-likeness (QED) is 0.819. The summed E-state index contributed by atoms with van der Waals surface area (Å²) in [4.78, 5) is 17.0. The van der Waals surface area contributed by atoms with Gasteiger partial charge in [0.15, 0.2) is 0 Å². The van der Waals surface area contributed by atoms with E-state index in [1.807, 2.05) is 35.2 Å². The molecule has 1 fully saturated rings. The van der Waals surface area contributed by atoms with E-state index in [9.17, 15) is 4.79 Å². The van der Waals surface area contributed by atoms with Crippen LogP contribution in [0.1, 0.15) is 29.8 Å². The van der Waals surface area contributed by atoms with E-state index in [4.69, 9.17) is 4.74 Å². The summed E-state index contributed by atoms with van der Waals surface area (Å²) in [5, 5.41) is 0. The second-order valence-electron chi connectivity index (χ2n) is 7.25. The van der Waals surface area contributed by atoms with E-state index in [-0.39, 0.29) is 5.91 Å². The minimum absolute atomic E-state index is 0.126. The maximum atomic E-state index is 12.8. The number of carbonyl (C=O) groups is 1. The van der Waals surface area contributed by atoms with Gasteiger partial charge in [0.2, 0.25) is 0 Å². The Labute approximate surface area is 156 Å². The standard InChI is InChI=1S/C22H28N2O2/c1-17(2)16-18-8-10-19(11-9-18)22(25)24-14-12-23(13-15-24)20-6-4-5-7-21(20)26-3/h4-11,17H,12-16H2,1-3H3. The first-order chi connectivity index (χ1) is 12.6. The van der Waals surface area contributed by atoms with Gasteiger partial charge in [-0.2, -0.15) is 0 Å². The minimum atomic E-state index is 0.126. The van der Waals surface area contributed by atoms with Crippen LogP contribution in [0, 0.1) is 5.92 Å². The number of hydrogen-bond acceptors (Lipinski definition) is 3. The molecule has 26 heavy (non-hydrogen) atoms. The van der Waals surface area contributed by atoms with Gasteiger partial charge in [0.25, 0.3) is 5.91 Å². The maximum Gasteiger partial charge on any atom is 0.253 e. The lowest BCUT2D eigenvalue weighted by atomic mass is 10.0. The SMILES string of the molecule is COc1ccccc1N1CCN(C(=O)c2ccc(CC(C)C)cc2)CC1. The van der Waals surface area contributed by atoms with Gasteiger partial charge >= 0.3 is 0 Å². The average Bonchev–Trinajstić information content (AvgIpc) is 2.67. The number of anilines is 1. The Balaban J connectivity index is 1.61. The van der Waals surface area contributed by atoms with Gasteiger partial charge in [-0.3, -0.25) is 4.79 Å². The first-order valence-corrected chi connectivity index (χ1v) is 9.34. The highest BCUT2D eigenvalue weighted by Gasteiger charge is 2.23. The predicted molar refractivity (Wildman–Crippen MR) is 106 cm³/mol. The Morgan fingerprint density at radius 1 is 1.00 bits per heavy atom. The summed E-state index contributed by atoms with van der Waals surface area (Å²) in [6, 6.07) is 16.1. The summed E-state index contributed by atoms with van der Waals surface area (Å²) < 4.78 is 5.46. The Hall–Kier alpha value is -2.49.